The van der Waals surface area contributed by atoms with Crippen molar-refractivity contribution in [3.05, 3.63) is 11.1 Å². The number of nitrogens with zero attached hydrogens (tertiary/aromatic N) is 1. The Morgan fingerprint density at radius 3 is 2.89 bits per heavy atom. The number of anilines is 1. The van der Waals surface area contributed by atoms with Crippen molar-refractivity contribution < 1.29 is 9.53 Å². The van der Waals surface area contributed by atoms with E-state index in [2.05, 4.69) is 24.1 Å². The smallest absolute Gasteiger partial charge is 0.357 e. The minimum Gasteiger partial charge on any atom is -0.461 e. The van der Waals surface area contributed by atoms with Gasteiger partial charge >= 0.3 is 5.97 Å². The summed E-state index contributed by atoms with van der Waals surface area (Å²) in [5.41, 5.74) is 0.399. The predicted octanol–water partition coefficient (Wildman–Crippen LogP) is 3.95. The average Bonchev–Trinajstić information content (AvgIpc) is 2.88. The first-order valence-corrected chi connectivity index (χ1v) is 7.95. The van der Waals surface area contributed by atoms with Gasteiger partial charge in [0.25, 0.3) is 0 Å². The number of rotatable bonds is 9. The van der Waals surface area contributed by atoms with E-state index in [1.807, 2.05) is 0 Å². The summed E-state index contributed by atoms with van der Waals surface area (Å²) in [6.07, 6.45) is 4.92. The Bertz CT molecular complexity index is 379. The highest BCUT2D eigenvalue weighted by Crippen LogP contribution is 2.18. The van der Waals surface area contributed by atoms with Gasteiger partial charge in [-0.2, -0.15) is 0 Å². The van der Waals surface area contributed by atoms with Crippen LogP contribution in [0.25, 0.3) is 0 Å². The van der Waals surface area contributed by atoms with Gasteiger partial charge < -0.3 is 10.1 Å². The maximum atomic E-state index is 11.5. The monoisotopic (exact) mass is 284 g/mol. The van der Waals surface area contributed by atoms with Crippen molar-refractivity contribution in [3.63, 3.8) is 0 Å². The fourth-order valence-electron chi connectivity index (χ4n) is 1.83. The van der Waals surface area contributed by atoms with Crippen molar-refractivity contribution in [2.75, 3.05) is 18.5 Å². The van der Waals surface area contributed by atoms with Gasteiger partial charge in [0.1, 0.15) is 0 Å². The molecule has 0 aromatic carbocycles. The molecule has 0 fully saturated rings. The summed E-state index contributed by atoms with van der Waals surface area (Å²) in [6, 6.07) is 0. The Hall–Kier alpha value is -1.10. The first kappa shape index (κ1) is 16.0. The van der Waals surface area contributed by atoms with Crippen molar-refractivity contribution >= 4 is 22.4 Å². The van der Waals surface area contributed by atoms with Crippen LogP contribution in [-0.2, 0) is 4.74 Å². The van der Waals surface area contributed by atoms with Crippen LogP contribution < -0.4 is 5.32 Å². The second-order valence-corrected chi connectivity index (χ2v) is 5.41. The largest absolute Gasteiger partial charge is 0.461 e. The lowest BCUT2D eigenvalue weighted by Gasteiger charge is -2.14. The number of aromatic nitrogens is 1. The number of carbonyl (C=O) groups excluding carboxylic acids is 1. The fourth-order valence-corrected chi connectivity index (χ4v) is 2.52. The molecule has 0 aliphatic rings. The topological polar surface area (TPSA) is 51.2 Å². The van der Waals surface area contributed by atoms with Crippen LogP contribution in [0.5, 0.6) is 0 Å². The number of ether oxygens (including phenoxy) is 1. The van der Waals surface area contributed by atoms with Gasteiger partial charge in [-0.05, 0) is 19.3 Å². The highest BCUT2D eigenvalue weighted by atomic mass is 32.1. The van der Waals surface area contributed by atoms with Crippen molar-refractivity contribution in [3.8, 4) is 0 Å². The normalized spacial score (nSPS) is 12.2. The van der Waals surface area contributed by atoms with Gasteiger partial charge in [0.05, 0.1) is 6.61 Å². The van der Waals surface area contributed by atoms with Crippen molar-refractivity contribution in [2.45, 2.75) is 46.5 Å². The zero-order chi connectivity index (χ0) is 14.1. The van der Waals surface area contributed by atoms with E-state index >= 15 is 0 Å². The zero-order valence-corrected chi connectivity index (χ0v) is 12.9. The Kier molecular flexibility index (Phi) is 7.48. The van der Waals surface area contributed by atoms with Gasteiger partial charge in [-0.1, -0.05) is 33.1 Å². The first-order valence-electron chi connectivity index (χ1n) is 7.07. The molecule has 1 unspecified atom stereocenters. The summed E-state index contributed by atoms with van der Waals surface area (Å²) in [6.45, 7) is 7.53. The Balaban J connectivity index is 2.42. The summed E-state index contributed by atoms with van der Waals surface area (Å²) < 4.78 is 4.92. The Labute approximate surface area is 119 Å². The van der Waals surface area contributed by atoms with Gasteiger partial charge in [-0.25, -0.2) is 9.78 Å². The Morgan fingerprint density at radius 2 is 2.26 bits per heavy atom. The van der Waals surface area contributed by atoms with Gasteiger partial charge in [0.15, 0.2) is 10.8 Å². The molecule has 0 saturated heterocycles. The third-order valence-corrected chi connectivity index (χ3v) is 3.87. The van der Waals surface area contributed by atoms with E-state index in [-0.39, 0.29) is 5.97 Å². The summed E-state index contributed by atoms with van der Waals surface area (Å²) in [7, 11) is 0. The van der Waals surface area contributed by atoms with E-state index in [4.69, 9.17) is 4.74 Å². The Morgan fingerprint density at radius 1 is 1.47 bits per heavy atom. The maximum absolute atomic E-state index is 11.5. The molecule has 1 aromatic rings. The van der Waals surface area contributed by atoms with Crippen molar-refractivity contribution in [1.82, 2.24) is 4.98 Å². The number of carbonyl (C=O) groups is 1. The van der Waals surface area contributed by atoms with Crippen molar-refractivity contribution in [2.24, 2.45) is 5.92 Å². The van der Waals surface area contributed by atoms with E-state index in [1.54, 1.807) is 12.3 Å². The molecule has 5 heteroatoms. The molecule has 0 aliphatic heterocycles. The zero-order valence-electron chi connectivity index (χ0n) is 12.1. The summed E-state index contributed by atoms with van der Waals surface area (Å²) >= 11 is 1.46. The predicted molar refractivity (Wildman–Crippen MR) is 79.9 cm³/mol. The lowest BCUT2D eigenvalue weighted by molar-refractivity contribution is 0.0520. The molecule has 0 radical (unpaired) electrons. The van der Waals surface area contributed by atoms with Crippen LogP contribution in [-0.4, -0.2) is 24.1 Å². The highest BCUT2D eigenvalue weighted by molar-refractivity contribution is 7.13. The maximum Gasteiger partial charge on any atom is 0.357 e. The van der Waals surface area contributed by atoms with Crippen LogP contribution in [0, 0.1) is 5.92 Å². The van der Waals surface area contributed by atoms with Crippen molar-refractivity contribution in [1.29, 1.82) is 0 Å². The van der Waals surface area contributed by atoms with Gasteiger partial charge in [0, 0.05) is 11.9 Å². The molecular formula is C14H24N2O2S. The number of hydrogen-bond acceptors (Lipinski definition) is 5. The van der Waals surface area contributed by atoms with E-state index in [1.165, 1.54) is 37.0 Å². The summed E-state index contributed by atoms with van der Waals surface area (Å²) in [5, 5.41) is 5.87. The molecule has 19 heavy (non-hydrogen) atoms. The minimum atomic E-state index is -0.343. The number of hydrogen-bond donors (Lipinski definition) is 1. The molecule has 1 heterocycles. The van der Waals surface area contributed by atoms with E-state index in [0.717, 1.165) is 11.7 Å². The lowest BCUT2D eigenvalue weighted by atomic mass is 10.00. The van der Waals surface area contributed by atoms with E-state index in [9.17, 15) is 4.79 Å². The second kappa shape index (κ2) is 8.91. The molecule has 1 N–H and O–H groups in total. The van der Waals surface area contributed by atoms with Crippen LogP contribution in [0.1, 0.15) is 56.9 Å². The molecule has 0 bridgehead atoms. The van der Waals surface area contributed by atoms with E-state index in [0.29, 0.717) is 18.2 Å². The third-order valence-electron chi connectivity index (χ3n) is 3.07. The molecule has 1 aromatic heterocycles. The standard InChI is InChI=1S/C14H24N2O2S/c1-4-7-8-11(5-2)9-15-14-16-12(10-19-14)13(17)18-6-3/h10-11H,4-9H2,1-3H3,(H,15,16). The van der Waals surface area contributed by atoms with E-state index < -0.39 is 0 Å². The van der Waals surface area contributed by atoms with Crippen LogP contribution in [0.3, 0.4) is 0 Å². The lowest BCUT2D eigenvalue weighted by Crippen LogP contribution is -2.14. The summed E-state index contributed by atoms with van der Waals surface area (Å²) in [4.78, 5) is 15.7. The first-order chi connectivity index (χ1) is 9.21. The fraction of sp³-hybridized carbons (Fsp3) is 0.714. The molecule has 1 rings (SSSR count). The quantitative estimate of drug-likeness (QED) is 0.698. The molecular weight excluding hydrogens is 260 g/mol. The molecule has 0 amide bonds. The molecule has 0 spiro atoms. The van der Waals surface area contributed by atoms with Crippen LogP contribution >= 0.6 is 11.3 Å². The van der Waals surface area contributed by atoms with Crippen LogP contribution in [0.15, 0.2) is 5.38 Å². The molecule has 1 atom stereocenters. The number of esters is 1. The van der Waals surface area contributed by atoms with Gasteiger partial charge in [-0.15, -0.1) is 11.3 Å². The average molecular weight is 284 g/mol. The molecule has 0 aliphatic carbocycles. The number of thiazole rings is 1. The van der Waals surface area contributed by atoms with Crippen LogP contribution in [0.2, 0.25) is 0 Å². The molecule has 4 nitrogen and oxygen atoms in total. The SMILES string of the molecule is CCCCC(CC)CNc1nc(C(=O)OCC)cs1. The third kappa shape index (κ3) is 5.59. The highest BCUT2D eigenvalue weighted by Gasteiger charge is 2.12. The minimum absolute atomic E-state index is 0.343. The number of unbranched alkanes of at least 4 members (excludes halogenated alkanes) is 1. The summed E-state index contributed by atoms with van der Waals surface area (Å²) in [5.74, 6) is 0.333. The van der Waals surface area contributed by atoms with Gasteiger partial charge in [0.2, 0.25) is 0 Å². The van der Waals surface area contributed by atoms with Crippen LogP contribution in [0.4, 0.5) is 5.13 Å². The van der Waals surface area contributed by atoms with Gasteiger partial charge in [-0.3, -0.25) is 0 Å². The number of nitrogens with one attached hydrogen (secondary N) is 1. The molecule has 108 valence electrons. The molecule has 0 saturated carbocycles. The second-order valence-electron chi connectivity index (χ2n) is 4.56.